The molecule has 2 nitrogen and oxygen atoms in total. The Morgan fingerprint density at radius 1 is 0.759 bits per heavy atom. The van der Waals surface area contributed by atoms with E-state index in [2.05, 4.69) is 62.4 Å². The maximum atomic E-state index is 9.20. The standard InChI is InChI=1S/C25H22O2S2/c1-16-12-22(8-10-26)24(28-16)20-6-4-19-15-21(7-5-18(19)14-20)25-23(9-11-27-3)13-17(2)29-25/h4-15,26H,1-3H3. The minimum Gasteiger partial charge on any atom is -0.516 e. The van der Waals surface area contributed by atoms with E-state index in [1.165, 1.54) is 47.0 Å². The number of aliphatic hydroxyl groups is 1. The predicted octanol–water partition coefficient (Wildman–Crippen LogP) is 8.06. The molecular formula is C25H22O2S2. The van der Waals surface area contributed by atoms with E-state index in [0.29, 0.717) is 0 Å². The van der Waals surface area contributed by atoms with Gasteiger partial charge in [-0.3, -0.25) is 0 Å². The summed E-state index contributed by atoms with van der Waals surface area (Å²) in [7, 11) is 1.67. The number of rotatable bonds is 5. The molecule has 29 heavy (non-hydrogen) atoms. The highest BCUT2D eigenvalue weighted by Crippen LogP contribution is 2.38. The van der Waals surface area contributed by atoms with Gasteiger partial charge in [0, 0.05) is 19.5 Å². The molecule has 0 amide bonds. The first-order chi connectivity index (χ1) is 14.1. The van der Waals surface area contributed by atoms with Crippen LogP contribution in [0.1, 0.15) is 20.9 Å². The van der Waals surface area contributed by atoms with Gasteiger partial charge >= 0.3 is 0 Å². The Morgan fingerprint density at radius 3 is 1.76 bits per heavy atom. The number of aryl methyl sites for hydroxylation is 2. The lowest BCUT2D eigenvalue weighted by Crippen LogP contribution is -1.81. The highest BCUT2D eigenvalue weighted by molar-refractivity contribution is 7.16. The van der Waals surface area contributed by atoms with Crippen LogP contribution in [0.2, 0.25) is 0 Å². The quantitative estimate of drug-likeness (QED) is 0.332. The van der Waals surface area contributed by atoms with Crippen LogP contribution in [0.5, 0.6) is 0 Å². The maximum Gasteiger partial charge on any atom is 0.0831 e. The van der Waals surface area contributed by atoms with E-state index < -0.39 is 0 Å². The van der Waals surface area contributed by atoms with E-state index >= 15 is 0 Å². The molecule has 0 saturated heterocycles. The third-order valence-electron chi connectivity index (χ3n) is 4.77. The average molecular weight is 419 g/mol. The van der Waals surface area contributed by atoms with E-state index in [-0.39, 0.29) is 0 Å². The molecule has 0 spiro atoms. The summed E-state index contributed by atoms with van der Waals surface area (Å²) in [5, 5.41) is 11.6. The van der Waals surface area contributed by atoms with Crippen molar-refractivity contribution in [3.8, 4) is 20.9 Å². The summed E-state index contributed by atoms with van der Waals surface area (Å²) in [4.78, 5) is 4.95. The summed E-state index contributed by atoms with van der Waals surface area (Å²) in [6.07, 6.45) is 6.60. The Bertz CT molecular complexity index is 1230. The van der Waals surface area contributed by atoms with E-state index in [1.807, 2.05) is 6.08 Å². The number of hydrogen-bond donors (Lipinski definition) is 1. The lowest BCUT2D eigenvalue weighted by atomic mass is 10.0. The third-order valence-corrected chi connectivity index (χ3v) is 7.00. The first-order valence-corrected chi connectivity index (χ1v) is 11.0. The fourth-order valence-corrected chi connectivity index (χ4v) is 5.51. The number of ether oxygens (including phenoxy) is 1. The van der Waals surface area contributed by atoms with Crippen molar-refractivity contribution in [2.24, 2.45) is 0 Å². The Morgan fingerprint density at radius 2 is 1.28 bits per heavy atom. The van der Waals surface area contributed by atoms with Gasteiger partial charge in [0.15, 0.2) is 0 Å². The van der Waals surface area contributed by atoms with Gasteiger partial charge in [0.1, 0.15) is 0 Å². The van der Waals surface area contributed by atoms with E-state index in [9.17, 15) is 5.11 Å². The number of aliphatic hydroxyl groups excluding tert-OH is 1. The monoisotopic (exact) mass is 418 g/mol. The highest BCUT2D eigenvalue weighted by Gasteiger charge is 2.11. The van der Waals surface area contributed by atoms with Crippen LogP contribution < -0.4 is 0 Å². The minimum absolute atomic E-state index is 1.05. The maximum absolute atomic E-state index is 9.20. The average Bonchev–Trinajstić information content (AvgIpc) is 3.28. The van der Waals surface area contributed by atoms with Crippen molar-refractivity contribution >= 4 is 45.6 Å². The van der Waals surface area contributed by atoms with Gasteiger partial charge in [-0.25, -0.2) is 0 Å². The zero-order valence-electron chi connectivity index (χ0n) is 16.6. The molecule has 0 unspecified atom stereocenters. The largest absolute Gasteiger partial charge is 0.516 e. The summed E-state index contributed by atoms with van der Waals surface area (Å²) < 4.78 is 5.10. The second kappa shape index (κ2) is 8.27. The number of thiophene rings is 2. The lowest BCUT2D eigenvalue weighted by Gasteiger charge is -2.07. The van der Waals surface area contributed by atoms with Gasteiger partial charge < -0.3 is 9.84 Å². The van der Waals surface area contributed by atoms with Gasteiger partial charge in [-0.2, -0.15) is 0 Å². The Hall–Kier alpha value is -2.82. The van der Waals surface area contributed by atoms with E-state index in [4.69, 9.17) is 4.74 Å². The van der Waals surface area contributed by atoms with Crippen molar-refractivity contribution in [2.45, 2.75) is 13.8 Å². The first-order valence-electron chi connectivity index (χ1n) is 9.34. The van der Waals surface area contributed by atoms with Crippen molar-refractivity contribution in [1.29, 1.82) is 0 Å². The number of methoxy groups -OCH3 is 1. The molecule has 146 valence electrons. The second-order valence-corrected chi connectivity index (χ2v) is 9.43. The zero-order valence-corrected chi connectivity index (χ0v) is 18.2. The van der Waals surface area contributed by atoms with Gasteiger partial charge in [-0.05, 0) is 83.3 Å². The van der Waals surface area contributed by atoms with Crippen molar-refractivity contribution in [1.82, 2.24) is 0 Å². The van der Waals surface area contributed by atoms with E-state index in [0.717, 1.165) is 11.8 Å². The molecule has 0 saturated carbocycles. The van der Waals surface area contributed by atoms with Gasteiger partial charge in [0.25, 0.3) is 0 Å². The molecule has 4 rings (SSSR count). The van der Waals surface area contributed by atoms with Crippen molar-refractivity contribution in [2.75, 3.05) is 7.11 Å². The molecule has 2 aromatic heterocycles. The number of benzene rings is 2. The SMILES string of the molecule is COC=Cc1cc(C)sc1-c1ccc2cc(-c3sc(C)cc3C=CO)ccc2c1. The minimum atomic E-state index is 1.05. The molecule has 0 aliphatic carbocycles. The van der Waals surface area contributed by atoms with Crippen molar-refractivity contribution in [3.05, 3.63) is 81.9 Å². The summed E-state index contributed by atoms with van der Waals surface area (Å²) in [5.41, 5.74) is 4.62. The molecule has 2 heterocycles. The molecule has 4 heteroatoms. The molecular weight excluding hydrogens is 396 g/mol. The second-order valence-electron chi connectivity index (χ2n) is 6.91. The zero-order chi connectivity index (χ0) is 20.4. The number of hydrogen-bond acceptors (Lipinski definition) is 4. The number of fused-ring (bicyclic) bond motifs is 1. The topological polar surface area (TPSA) is 29.5 Å². The van der Waals surface area contributed by atoms with Crippen LogP contribution in [-0.4, -0.2) is 12.2 Å². The summed E-state index contributed by atoms with van der Waals surface area (Å²) in [5.74, 6) is 0. The van der Waals surface area contributed by atoms with Crippen LogP contribution in [0, 0.1) is 13.8 Å². The van der Waals surface area contributed by atoms with Crippen LogP contribution >= 0.6 is 22.7 Å². The van der Waals surface area contributed by atoms with Gasteiger partial charge in [-0.1, -0.05) is 24.3 Å². The molecule has 4 aromatic rings. The van der Waals surface area contributed by atoms with Gasteiger partial charge in [-0.15, -0.1) is 22.7 Å². The fourth-order valence-electron chi connectivity index (χ4n) is 3.52. The molecule has 0 aliphatic heterocycles. The highest BCUT2D eigenvalue weighted by atomic mass is 32.1. The third kappa shape index (κ3) is 4.00. The van der Waals surface area contributed by atoms with Crippen LogP contribution in [0.15, 0.2) is 61.1 Å². The first kappa shape index (κ1) is 19.5. The lowest BCUT2D eigenvalue weighted by molar-refractivity contribution is 0.341. The summed E-state index contributed by atoms with van der Waals surface area (Å²) in [6, 6.07) is 17.5. The summed E-state index contributed by atoms with van der Waals surface area (Å²) in [6.45, 7) is 4.22. The van der Waals surface area contributed by atoms with Crippen LogP contribution in [-0.2, 0) is 4.74 Å². The Labute approximate surface area is 179 Å². The molecule has 0 fully saturated rings. The normalized spacial score (nSPS) is 11.8. The molecule has 1 N–H and O–H groups in total. The molecule has 0 aliphatic rings. The van der Waals surface area contributed by atoms with Gasteiger partial charge in [0.2, 0.25) is 0 Å². The van der Waals surface area contributed by atoms with Crippen molar-refractivity contribution in [3.63, 3.8) is 0 Å². The van der Waals surface area contributed by atoms with E-state index in [1.54, 1.807) is 42.1 Å². The van der Waals surface area contributed by atoms with Crippen LogP contribution in [0.3, 0.4) is 0 Å². The summed E-state index contributed by atoms with van der Waals surface area (Å²) >= 11 is 3.55. The molecule has 0 radical (unpaired) electrons. The van der Waals surface area contributed by atoms with Crippen LogP contribution in [0.25, 0.3) is 43.8 Å². The molecule has 0 atom stereocenters. The predicted molar refractivity (Wildman–Crippen MR) is 128 cm³/mol. The Balaban J connectivity index is 1.77. The Kier molecular flexibility index (Phi) is 5.56. The van der Waals surface area contributed by atoms with Gasteiger partial charge in [0.05, 0.1) is 19.6 Å². The van der Waals surface area contributed by atoms with Crippen LogP contribution in [0.4, 0.5) is 0 Å². The molecule has 2 aromatic carbocycles. The fraction of sp³-hybridized carbons (Fsp3) is 0.120. The smallest absolute Gasteiger partial charge is 0.0831 e. The van der Waals surface area contributed by atoms with Crippen molar-refractivity contribution < 1.29 is 9.84 Å². The molecule has 0 bridgehead atoms.